The monoisotopic (exact) mass is 238 g/mol. The molecule has 6 nitrogen and oxygen atoms in total. The second-order valence-electron chi connectivity index (χ2n) is 4.96. The van der Waals surface area contributed by atoms with Crippen molar-refractivity contribution in [3.05, 3.63) is 11.6 Å². The fraction of sp³-hybridized carbons (Fsp3) is 0.556. The Kier molecular flexibility index (Phi) is 2.41. The lowest BCUT2D eigenvalue weighted by Gasteiger charge is -2.32. The molecule has 2 aliphatic heterocycles. The molecule has 2 heterocycles. The molecule has 7 heteroatoms. The first-order chi connectivity index (χ1) is 7.41. The lowest BCUT2D eigenvalue weighted by atomic mass is 10.5. The zero-order chi connectivity index (χ0) is 11.9. The van der Waals surface area contributed by atoms with E-state index in [0.717, 1.165) is 11.6 Å². The van der Waals surface area contributed by atoms with Crippen LogP contribution in [-0.2, 0) is 0 Å². The van der Waals surface area contributed by atoms with E-state index in [1.165, 1.54) is 0 Å². The Hall–Kier alpha value is -1.50. The SMILES string of the molecule is CN1C=NN/C1=C1/N(C)C=NN1[Si](C)(C)C. The lowest BCUT2D eigenvalue weighted by Crippen LogP contribution is -2.44. The van der Waals surface area contributed by atoms with Crippen LogP contribution in [0.1, 0.15) is 0 Å². The first-order valence-electron chi connectivity index (χ1n) is 5.25. The Morgan fingerprint density at radius 3 is 2.31 bits per heavy atom. The summed E-state index contributed by atoms with van der Waals surface area (Å²) in [6.45, 7) is 6.79. The van der Waals surface area contributed by atoms with Crippen molar-refractivity contribution in [1.82, 2.24) is 19.9 Å². The van der Waals surface area contributed by atoms with Crippen molar-refractivity contribution < 1.29 is 0 Å². The molecule has 0 aromatic carbocycles. The second-order valence-corrected chi connectivity index (χ2v) is 9.73. The quantitative estimate of drug-likeness (QED) is 0.680. The van der Waals surface area contributed by atoms with Gasteiger partial charge in [0.1, 0.15) is 12.7 Å². The second kappa shape index (κ2) is 3.51. The summed E-state index contributed by atoms with van der Waals surface area (Å²) in [7, 11) is 2.46. The standard InChI is InChI=1S/C9H18N6Si/c1-13-6-10-12-8(13)9-14(2)7-11-15(9)16(3,4)5/h6-7,12H,1-5H3/b9-8+. The number of hydrogen-bond donors (Lipinski definition) is 1. The molecule has 0 radical (unpaired) electrons. The topological polar surface area (TPSA) is 46.5 Å². The summed E-state index contributed by atoms with van der Waals surface area (Å²) in [6, 6.07) is 0. The van der Waals surface area contributed by atoms with Crippen molar-refractivity contribution in [3.63, 3.8) is 0 Å². The van der Waals surface area contributed by atoms with Gasteiger partial charge in [-0.15, -0.1) is 0 Å². The van der Waals surface area contributed by atoms with E-state index >= 15 is 0 Å². The van der Waals surface area contributed by atoms with Crippen LogP contribution in [0.5, 0.6) is 0 Å². The van der Waals surface area contributed by atoms with Gasteiger partial charge < -0.3 is 9.80 Å². The first-order valence-corrected chi connectivity index (χ1v) is 8.69. The predicted molar refractivity (Wildman–Crippen MR) is 67.9 cm³/mol. The minimum absolute atomic E-state index is 0.974. The van der Waals surface area contributed by atoms with Crippen LogP contribution in [0.25, 0.3) is 0 Å². The molecule has 2 aliphatic rings. The number of rotatable bonds is 1. The predicted octanol–water partition coefficient (Wildman–Crippen LogP) is 0.617. The molecule has 0 aliphatic carbocycles. The van der Waals surface area contributed by atoms with Gasteiger partial charge in [-0.1, -0.05) is 0 Å². The highest BCUT2D eigenvalue weighted by atomic mass is 28.3. The molecule has 0 amide bonds. The van der Waals surface area contributed by atoms with E-state index in [4.69, 9.17) is 0 Å². The third-order valence-electron chi connectivity index (χ3n) is 2.48. The van der Waals surface area contributed by atoms with Crippen LogP contribution < -0.4 is 5.43 Å². The lowest BCUT2D eigenvalue weighted by molar-refractivity contribution is 0.432. The van der Waals surface area contributed by atoms with E-state index < -0.39 is 8.24 Å². The Balaban J connectivity index is 2.39. The Morgan fingerprint density at radius 2 is 1.81 bits per heavy atom. The van der Waals surface area contributed by atoms with Crippen LogP contribution >= 0.6 is 0 Å². The maximum absolute atomic E-state index is 4.46. The average molecular weight is 238 g/mol. The van der Waals surface area contributed by atoms with Gasteiger partial charge in [-0.3, -0.25) is 10.1 Å². The summed E-state index contributed by atoms with van der Waals surface area (Å²) in [5.41, 5.74) is 3.01. The van der Waals surface area contributed by atoms with Crippen molar-refractivity contribution in [3.8, 4) is 0 Å². The third-order valence-corrected chi connectivity index (χ3v) is 4.07. The van der Waals surface area contributed by atoms with Crippen LogP contribution in [0.3, 0.4) is 0 Å². The van der Waals surface area contributed by atoms with Gasteiger partial charge in [0.25, 0.3) is 0 Å². The van der Waals surface area contributed by atoms with Crippen molar-refractivity contribution in [1.29, 1.82) is 0 Å². The van der Waals surface area contributed by atoms with Gasteiger partial charge in [-0.25, -0.2) is 0 Å². The molecular weight excluding hydrogens is 220 g/mol. The Morgan fingerprint density at radius 1 is 1.12 bits per heavy atom. The molecule has 2 rings (SSSR count). The van der Waals surface area contributed by atoms with E-state index in [9.17, 15) is 0 Å². The van der Waals surface area contributed by atoms with Gasteiger partial charge in [-0.2, -0.15) is 10.2 Å². The zero-order valence-corrected chi connectivity index (χ0v) is 11.4. The summed E-state index contributed by atoms with van der Waals surface area (Å²) < 4.78 is 2.13. The smallest absolute Gasteiger partial charge is 0.179 e. The van der Waals surface area contributed by atoms with Gasteiger partial charge in [0.05, 0.1) is 0 Å². The Labute approximate surface area is 97.0 Å². The minimum atomic E-state index is -1.51. The van der Waals surface area contributed by atoms with Gasteiger partial charge in [-0.05, 0) is 19.6 Å². The normalized spacial score (nSPS) is 24.7. The van der Waals surface area contributed by atoms with Gasteiger partial charge in [0.15, 0.2) is 19.9 Å². The van der Waals surface area contributed by atoms with Crippen molar-refractivity contribution >= 4 is 20.9 Å². The molecule has 0 fully saturated rings. The van der Waals surface area contributed by atoms with Crippen LogP contribution in [-0.4, -0.2) is 49.5 Å². The largest absolute Gasteiger partial charge is 0.317 e. The summed E-state index contributed by atoms with van der Waals surface area (Å²) in [5.74, 6) is 2.04. The molecule has 0 aromatic heterocycles. The zero-order valence-electron chi connectivity index (χ0n) is 10.4. The molecule has 16 heavy (non-hydrogen) atoms. The molecule has 0 saturated carbocycles. The maximum atomic E-state index is 4.46. The summed E-state index contributed by atoms with van der Waals surface area (Å²) in [5, 5.41) is 8.51. The molecule has 0 unspecified atom stereocenters. The highest BCUT2D eigenvalue weighted by Crippen LogP contribution is 2.26. The third kappa shape index (κ3) is 1.67. The highest BCUT2D eigenvalue weighted by Gasteiger charge is 2.34. The van der Waals surface area contributed by atoms with Crippen LogP contribution in [0, 0.1) is 0 Å². The van der Waals surface area contributed by atoms with Crippen molar-refractivity contribution in [2.75, 3.05) is 14.1 Å². The van der Waals surface area contributed by atoms with E-state index in [0.29, 0.717) is 0 Å². The molecule has 1 N–H and O–H groups in total. The number of hydrazone groups is 2. The number of hydrogen-bond acceptors (Lipinski definition) is 6. The summed E-state index contributed by atoms with van der Waals surface area (Å²) in [6.07, 6.45) is 3.60. The average Bonchev–Trinajstić information content (AvgIpc) is 2.70. The van der Waals surface area contributed by atoms with Crippen LogP contribution in [0.4, 0.5) is 0 Å². The molecule has 0 bridgehead atoms. The van der Waals surface area contributed by atoms with Gasteiger partial charge in [0.2, 0.25) is 0 Å². The van der Waals surface area contributed by atoms with E-state index in [-0.39, 0.29) is 0 Å². The maximum Gasteiger partial charge on any atom is 0.179 e. The van der Waals surface area contributed by atoms with Crippen LogP contribution in [0.15, 0.2) is 21.8 Å². The van der Waals surface area contributed by atoms with E-state index in [2.05, 4.69) is 39.9 Å². The van der Waals surface area contributed by atoms with E-state index in [1.807, 2.05) is 30.2 Å². The number of nitrogens with one attached hydrogen (secondary N) is 1. The fourth-order valence-corrected chi connectivity index (χ4v) is 2.96. The fourth-order valence-electron chi connectivity index (χ4n) is 1.67. The summed E-state index contributed by atoms with van der Waals surface area (Å²) >= 11 is 0. The minimum Gasteiger partial charge on any atom is -0.317 e. The van der Waals surface area contributed by atoms with Crippen molar-refractivity contribution in [2.24, 2.45) is 10.2 Å². The highest BCUT2D eigenvalue weighted by molar-refractivity contribution is 6.73. The van der Waals surface area contributed by atoms with Crippen LogP contribution in [0.2, 0.25) is 19.6 Å². The van der Waals surface area contributed by atoms with Crippen molar-refractivity contribution in [2.45, 2.75) is 19.6 Å². The van der Waals surface area contributed by atoms with E-state index in [1.54, 1.807) is 6.34 Å². The molecule has 0 atom stereocenters. The molecule has 0 spiro atoms. The molecule has 88 valence electrons. The molecular formula is C9H18N6Si. The number of nitrogens with zero attached hydrogens (tertiary/aromatic N) is 5. The molecule has 0 saturated heterocycles. The van der Waals surface area contributed by atoms with Gasteiger partial charge >= 0.3 is 0 Å². The van der Waals surface area contributed by atoms with Gasteiger partial charge in [0, 0.05) is 14.1 Å². The molecule has 0 aromatic rings. The Bertz CT molecular complexity index is 380. The first kappa shape index (κ1) is 11.0. The summed E-state index contributed by atoms with van der Waals surface area (Å²) in [4.78, 5) is 3.99.